The monoisotopic (exact) mass is 627 g/mol. The minimum atomic E-state index is -1.09. The van der Waals surface area contributed by atoms with Crippen LogP contribution in [0.2, 0.25) is 0 Å². The van der Waals surface area contributed by atoms with E-state index in [9.17, 15) is 24.6 Å². The molecule has 46 heavy (non-hydrogen) atoms. The van der Waals surface area contributed by atoms with Gasteiger partial charge in [0.1, 0.15) is 11.5 Å². The number of methoxy groups -OCH3 is 2. The zero-order valence-corrected chi connectivity index (χ0v) is 26.0. The van der Waals surface area contributed by atoms with E-state index in [1.54, 1.807) is 30.3 Å². The van der Waals surface area contributed by atoms with E-state index in [4.69, 9.17) is 18.9 Å². The zero-order chi connectivity index (χ0) is 32.0. The number of rotatable bonds is 9. The summed E-state index contributed by atoms with van der Waals surface area (Å²) in [7, 11) is 3.01. The maximum absolute atomic E-state index is 13.5. The highest BCUT2D eigenvalue weighted by atomic mass is 16.6. The van der Waals surface area contributed by atoms with Crippen molar-refractivity contribution in [2.75, 3.05) is 27.3 Å². The van der Waals surface area contributed by atoms with Crippen molar-refractivity contribution in [1.82, 2.24) is 4.90 Å². The molecular formula is C36H37NO9. The maximum Gasteiger partial charge on any atom is 0.315 e. The van der Waals surface area contributed by atoms with E-state index in [-0.39, 0.29) is 36.8 Å². The van der Waals surface area contributed by atoms with Gasteiger partial charge in [0.2, 0.25) is 0 Å². The molecule has 3 aromatic rings. The molecule has 10 nitrogen and oxygen atoms in total. The summed E-state index contributed by atoms with van der Waals surface area (Å²) in [5.74, 6) is 0.737. The number of benzene rings is 3. The van der Waals surface area contributed by atoms with Crippen LogP contribution in [-0.4, -0.2) is 77.9 Å². The topological polar surface area (TPSA) is 132 Å². The Hall–Kier alpha value is -4.15. The average Bonchev–Trinajstić information content (AvgIpc) is 3.77. The SMILES string of the molecule is COc1c(CC(=O)O)ccc2c(OC)c(CC(=O)Oc3ccc4c5c3O[C@H]3C(=O)CC[C@@]6(O)[C@@H](C4)N(CC4CC4)CC[C@]536)ccc12. The van der Waals surface area contributed by atoms with E-state index >= 15 is 0 Å². The molecule has 0 amide bonds. The number of hydrogen-bond acceptors (Lipinski definition) is 9. The van der Waals surface area contributed by atoms with Gasteiger partial charge in [0.25, 0.3) is 0 Å². The van der Waals surface area contributed by atoms with E-state index in [0.29, 0.717) is 64.3 Å². The van der Waals surface area contributed by atoms with E-state index in [1.807, 2.05) is 6.07 Å². The Bertz CT molecular complexity index is 1810. The lowest BCUT2D eigenvalue weighted by Gasteiger charge is -2.62. The van der Waals surface area contributed by atoms with Crippen LogP contribution in [-0.2, 0) is 39.1 Å². The van der Waals surface area contributed by atoms with Gasteiger partial charge in [-0.15, -0.1) is 0 Å². The van der Waals surface area contributed by atoms with Crippen LogP contribution in [0.5, 0.6) is 23.0 Å². The Balaban J connectivity index is 1.12. The molecule has 0 unspecified atom stereocenters. The zero-order valence-electron chi connectivity index (χ0n) is 26.0. The van der Waals surface area contributed by atoms with Crippen LogP contribution < -0.4 is 18.9 Å². The standard InChI is InChI=1S/C36H37NO9/c1-43-31-21(16-28(39)40)5-8-24-23(31)9-6-22(32(24)44-2)17-29(41)45-26-10-7-20-15-27-36(42)12-11-25(38)34-35(36,30(20)33(26)46-34)13-14-37(27)18-19-3-4-19/h5-10,19,27,34,42H,3-4,11-18H2,1-2H3,(H,39,40)/t27-,34+,35+,36-/m1/s1. The first kappa shape index (κ1) is 29.3. The molecule has 2 saturated carbocycles. The molecule has 0 aromatic heterocycles. The molecule has 3 aliphatic carbocycles. The number of ketones is 1. The summed E-state index contributed by atoms with van der Waals surface area (Å²) in [6, 6.07) is 10.6. The third kappa shape index (κ3) is 4.12. The highest BCUT2D eigenvalue weighted by Gasteiger charge is 2.73. The van der Waals surface area contributed by atoms with Crippen LogP contribution in [0.15, 0.2) is 36.4 Å². The third-order valence-corrected chi connectivity index (χ3v) is 11.1. The number of ether oxygens (including phenoxy) is 4. The fourth-order valence-electron chi connectivity index (χ4n) is 9.01. The van der Waals surface area contributed by atoms with Gasteiger partial charge in [0.05, 0.1) is 38.1 Å². The minimum absolute atomic E-state index is 0.0109. The first-order valence-electron chi connectivity index (χ1n) is 16.1. The number of Topliss-reactive ketones (excluding diaryl/α,β-unsaturated/α-hetero) is 1. The van der Waals surface area contributed by atoms with Crippen molar-refractivity contribution in [3.63, 3.8) is 0 Å². The van der Waals surface area contributed by atoms with Crippen LogP contribution in [0, 0.1) is 5.92 Å². The van der Waals surface area contributed by atoms with E-state index in [0.717, 1.165) is 24.2 Å². The highest BCUT2D eigenvalue weighted by molar-refractivity contribution is 5.97. The van der Waals surface area contributed by atoms with Gasteiger partial charge in [-0.3, -0.25) is 19.3 Å². The number of aliphatic hydroxyl groups is 1. The molecule has 1 spiro atoms. The highest BCUT2D eigenvalue weighted by Crippen LogP contribution is 2.65. The number of nitrogens with zero attached hydrogens (tertiary/aromatic N) is 1. The normalized spacial score (nSPS) is 27.6. The van der Waals surface area contributed by atoms with Crippen LogP contribution in [0.25, 0.3) is 10.8 Å². The largest absolute Gasteiger partial charge is 0.496 e. The Kier molecular flexibility index (Phi) is 6.64. The lowest BCUT2D eigenvalue weighted by molar-refractivity contribution is -0.188. The van der Waals surface area contributed by atoms with Crippen molar-refractivity contribution in [1.29, 1.82) is 0 Å². The maximum atomic E-state index is 13.5. The van der Waals surface area contributed by atoms with Gasteiger partial charge in [-0.1, -0.05) is 30.3 Å². The molecular weight excluding hydrogens is 590 g/mol. The molecule has 240 valence electrons. The van der Waals surface area contributed by atoms with Crippen LogP contribution in [0.3, 0.4) is 0 Å². The summed E-state index contributed by atoms with van der Waals surface area (Å²) in [6.07, 6.45) is 3.33. The summed E-state index contributed by atoms with van der Waals surface area (Å²) in [4.78, 5) is 40.7. The molecule has 1 saturated heterocycles. The second kappa shape index (κ2) is 10.4. The average molecular weight is 628 g/mol. The van der Waals surface area contributed by atoms with Gasteiger partial charge < -0.3 is 29.2 Å². The fraction of sp³-hybridized carbons (Fsp3) is 0.472. The molecule has 3 aromatic carbocycles. The number of fused-ring (bicyclic) bond motifs is 1. The smallest absolute Gasteiger partial charge is 0.315 e. The van der Waals surface area contributed by atoms with E-state index in [2.05, 4.69) is 4.90 Å². The van der Waals surface area contributed by atoms with Crippen LogP contribution in [0.1, 0.15) is 54.4 Å². The van der Waals surface area contributed by atoms with E-state index in [1.165, 1.54) is 27.1 Å². The lowest BCUT2D eigenvalue weighted by Crippen LogP contribution is -2.76. The molecule has 8 rings (SSSR count). The van der Waals surface area contributed by atoms with Crippen molar-refractivity contribution >= 4 is 28.5 Å². The Labute approximate surface area is 266 Å². The second-order valence-corrected chi connectivity index (χ2v) is 13.5. The first-order valence-corrected chi connectivity index (χ1v) is 16.1. The van der Waals surface area contributed by atoms with Gasteiger partial charge in [-0.2, -0.15) is 0 Å². The Morgan fingerprint density at radius 1 is 0.978 bits per heavy atom. The molecule has 4 atom stereocenters. The quantitative estimate of drug-likeness (QED) is 0.267. The molecule has 3 fully saturated rings. The van der Waals surface area contributed by atoms with Gasteiger partial charge in [0.15, 0.2) is 23.4 Å². The van der Waals surface area contributed by atoms with Gasteiger partial charge in [-0.05, 0) is 56.2 Å². The number of carboxylic acid groups (broad SMARTS) is 1. The molecule has 10 heteroatoms. The Morgan fingerprint density at radius 3 is 2.33 bits per heavy atom. The summed E-state index contributed by atoms with van der Waals surface area (Å²) in [5.41, 5.74) is 1.07. The number of carbonyl (C=O) groups is 3. The van der Waals surface area contributed by atoms with Crippen molar-refractivity contribution in [2.45, 2.75) is 74.5 Å². The number of likely N-dealkylation sites (tertiary alicyclic amines) is 1. The second-order valence-electron chi connectivity index (χ2n) is 13.5. The van der Waals surface area contributed by atoms with Crippen LogP contribution >= 0.6 is 0 Å². The summed E-state index contributed by atoms with van der Waals surface area (Å²) in [5, 5.41) is 23.2. The number of piperidine rings is 1. The summed E-state index contributed by atoms with van der Waals surface area (Å²) < 4.78 is 23.7. The first-order chi connectivity index (χ1) is 22.2. The third-order valence-electron chi connectivity index (χ3n) is 11.1. The predicted octanol–water partition coefficient (Wildman–Crippen LogP) is 3.77. The molecule has 5 aliphatic rings. The number of carbonyl (C=O) groups excluding carboxylic acids is 2. The molecule has 2 bridgehead atoms. The number of esters is 1. The van der Waals surface area contributed by atoms with Crippen molar-refractivity contribution in [3.05, 3.63) is 58.7 Å². The molecule has 2 N–H and O–H groups in total. The minimum Gasteiger partial charge on any atom is -0.496 e. The van der Waals surface area contributed by atoms with E-state index < -0.39 is 29.1 Å². The number of hydrogen-bond donors (Lipinski definition) is 2. The summed E-state index contributed by atoms with van der Waals surface area (Å²) >= 11 is 0. The van der Waals surface area contributed by atoms with Gasteiger partial charge >= 0.3 is 11.9 Å². The van der Waals surface area contributed by atoms with Crippen molar-refractivity contribution in [3.8, 4) is 23.0 Å². The van der Waals surface area contributed by atoms with Gasteiger partial charge in [-0.25, -0.2) is 0 Å². The predicted molar refractivity (Wildman–Crippen MR) is 166 cm³/mol. The number of carboxylic acids is 1. The molecule has 2 aliphatic heterocycles. The van der Waals surface area contributed by atoms with Crippen LogP contribution in [0.4, 0.5) is 0 Å². The summed E-state index contributed by atoms with van der Waals surface area (Å²) in [6.45, 7) is 1.78. The van der Waals surface area contributed by atoms with Gasteiger partial charge in [0, 0.05) is 46.5 Å². The fourth-order valence-corrected chi connectivity index (χ4v) is 9.01. The molecule has 2 heterocycles. The Morgan fingerprint density at radius 2 is 1.67 bits per heavy atom. The van der Waals surface area contributed by atoms with Crippen molar-refractivity contribution < 1.29 is 43.5 Å². The lowest BCUT2D eigenvalue weighted by atomic mass is 9.49. The van der Waals surface area contributed by atoms with Crippen molar-refractivity contribution in [2.24, 2.45) is 5.92 Å². The number of aliphatic carboxylic acids is 1. The molecule has 0 radical (unpaired) electrons.